The van der Waals surface area contributed by atoms with Crippen molar-refractivity contribution in [2.45, 2.75) is 9.79 Å². The first-order valence-corrected chi connectivity index (χ1v) is 12.7. The van der Waals surface area contributed by atoms with Gasteiger partial charge in [0.15, 0.2) is 22.2 Å². The van der Waals surface area contributed by atoms with E-state index >= 15 is 0 Å². The molecule has 0 aromatic heterocycles. The van der Waals surface area contributed by atoms with E-state index in [0.29, 0.717) is 22.1 Å². The summed E-state index contributed by atoms with van der Waals surface area (Å²) in [6, 6.07) is 12.7. The number of fused-ring (bicyclic) bond motifs is 1. The third-order valence-corrected chi connectivity index (χ3v) is 7.22. The van der Waals surface area contributed by atoms with E-state index in [1.807, 2.05) is 0 Å². The summed E-state index contributed by atoms with van der Waals surface area (Å²) in [7, 11) is -8.01. The molecule has 0 aliphatic heterocycles. The van der Waals surface area contributed by atoms with Gasteiger partial charge in [-0.25, -0.2) is 13.7 Å². The van der Waals surface area contributed by atoms with Crippen molar-refractivity contribution in [3.63, 3.8) is 0 Å². The number of hydrogen-bond acceptors (Lipinski definition) is 12. The Hall–Kier alpha value is -2.63. The third kappa shape index (κ3) is 6.46. The zero-order chi connectivity index (χ0) is 24.1. The van der Waals surface area contributed by atoms with Crippen LogP contribution in [0.25, 0.3) is 10.8 Å². The molecule has 0 aliphatic carbocycles. The van der Waals surface area contributed by atoms with E-state index in [1.165, 1.54) is 48.5 Å². The second-order valence-corrected chi connectivity index (χ2v) is 10.4. The Kier molecular flexibility index (Phi) is 7.98. The zero-order valence-electron chi connectivity index (χ0n) is 16.6. The Bertz CT molecular complexity index is 1380. The minimum Gasteiger partial charge on any atom is -0.397 e. The molecule has 0 saturated heterocycles. The summed E-state index contributed by atoms with van der Waals surface area (Å²) in [5.74, 6) is -0.340. The molecule has 3 aromatic rings. The molecule has 0 atom stereocenters. The Morgan fingerprint density at radius 2 is 1.64 bits per heavy atom. The minimum atomic E-state index is -4.36. The highest BCUT2D eigenvalue weighted by Gasteiger charge is 2.15. The van der Waals surface area contributed by atoms with Crippen molar-refractivity contribution in [1.29, 1.82) is 0 Å². The number of sulfone groups is 1. The second-order valence-electron chi connectivity index (χ2n) is 6.41. The maximum atomic E-state index is 12.3. The maximum Gasteiger partial charge on any atom is 0.294 e. The molecule has 0 heterocycles. The highest BCUT2D eigenvalue weighted by Crippen LogP contribution is 2.34. The van der Waals surface area contributed by atoms with E-state index in [-0.39, 0.29) is 40.2 Å². The molecule has 0 fully saturated rings. The predicted octanol–water partition coefficient (Wildman–Crippen LogP) is 3.86. The largest absolute Gasteiger partial charge is 0.397 e. The molecule has 0 saturated carbocycles. The fourth-order valence-corrected chi connectivity index (χ4v) is 4.66. The highest BCUT2D eigenvalue weighted by molar-refractivity contribution is 7.91. The van der Waals surface area contributed by atoms with Crippen molar-refractivity contribution in [3.8, 4) is 0 Å². The monoisotopic (exact) mass is 515 g/mol. The first kappa shape index (κ1) is 25.0. The summed E-state index contributed by atoms with van der Waals surface area (Å²) in [4.78, 5) is -0.227. The van der Waals surface area contributed by atoms with E-state index in [0.717, 1.165) is 0 Å². The van der Waals surface area contributed by atoms with Crippen LogP contribution in [0.2, 0.25) is 0 Å². The molecule has 0 unspecified atom stereocenters. The van der Waals surface area contributed by atoms with E-state index < -0.39 is 20.0 Å². The Labute approximate surface area is 192 Å². The Balaban J connectivity index is 1.79. The van der Waals surface area contributed by atoms with Crippen LogP contribution >= 0.6 is 12.3 Å². The van der Waals surface area contributed by atoms with Crippen molar-refractivity contribution in [2.24, 2.45) is 10.2 Å². The number of nitrogen functional groups attached to an aromatic ring is 1. The van der Waals surface area contributed by atoms with Gasteiger partial charge in [0.1, 0.15) is 5.69 Å². The minimum absolute atomic E-state index is 0.0387. The van der Waals surface area contributed by atoms with Crippen LogP contribution in [0.3, 0.4) is 0 Å². The lowest BCUT2D eigenvalue weighted by molar-refractivity contribution is -0.434. The lowest BCUT2D eigenvalue weighted by Gasteiger charge is -2.07. The van der Waals surface area contributed by atoms with Gasteiger partial charge in [0.05, 0.1) is 33.5 Å². The maximum absolute atomic E-state index is 12.3. The summed E-state index contributed by atoms with van der Waals surface area (Å²) in [6.45, 7) is -0.211. The highest BCUT2D eigenvalue weighted by atomic mass is 32.2. The van der Waals surface area contributed by atoms with Gasteiger partial charge in [-0.2, -0.15) is 13.5 Å². The van der Waals surface area contributed by atoms with Gasteiger partial charge >= 0.3 is 0 Å². The summed E-state index contributed by atoms with van der Waals surface area (Å²) in [6.07, 6.45) is 0. The number of hydrogen-bond donors (Lipinski definition) is 3. The van der Waals surface area contributed by atoms with Gasteiger partial charge < -0.3 is 5.73 Å². The molecular weight excluding hydrogens is 498 g/mol. The van der Waals surface area contributed by atoms with Crippen LogP contribution in [0.5, 0.6) is 0 Å². The van der Waals surface area contributed by atoms with Crippen molar-refractivity contribution in [3.05, 3.63) is 54.6 Å². The number of nitrogens with two attached hydrogens (primary N) is 1. The van der Waals surface area contributed by atoms with E-state index in [9.17, 15) is 21.4 Å². The van der Waals surface area contributed by atoms with Gasteiger partial charge in [-0.15, -0.1) is 9.45 Å². The number of rotatable bonds is 10. The topological polar surface area (TPSA) is 187 Å². The first-order chi connectivity index (χ1) is 15.6. The summed E-state index contributed by atoms with van der Waals surface area (Å²) < 4.78 is 65.3. The Morgan fingerprint density at radius 3 is 2.30 bits per heavy atom. The lowest BCUT2D eigenvalue weighted by atomic mass is 10.1. The number of azo groups is 1. The number of nitrogens with zero attached hydrogens (tertiary/aromatic N) is 2. The van der Waals surface area contributed by atoms with Crippen LogP contribution in [-0.2, 0) is 33.5 Å². The molecule has 15 heteroatoms. The fourth-order valence-electron chi connectivity index (χ4n) is 2.74. The zero-order valence-corrected chi connectivity index (χ0v) is 19.0. The SMILES string of the molecule is Nc1ccc2cc(S(=O)(=O)O)ccc2c1/N=N/c1ccc(S(=O)(=O)CCOSOOO)cc1. The van der Waals surface area contributed by atoms with Crippen molar-refractivity contribution in [1.82, 2.24) is 0 Å². The quantitative estimate of drug-likeness (QED) is 0.0676. The van der Waals surface area contributed by atoms with Crippen LogP contribution in [0.4, 0.5) is 17.1 Å². The smallest absolute Gasteiger partial charge is 0.294 e. The Morgan fingerprint density at radius 1 is 0.939 bits per heavy atom. The molecule has 3 aromatic carbocycles. The molecule has 3 rings (SSSR count). The van der Waals surface area contributed by atoms with Crippen LogP contribution in [0.15, 0.2) is 74.6 Å². The summed E-state index contributed by atoms with van der Waals surface area (Å²) in [5.41, 5.74) is 6.91. The average Bonchev–Trinajstić information content (AvgIpc) is 2.77. The molecule has 0 spiro atoms. The molecule has 0 amide bonds. The lowest BCUT2D eigenvalue weighted by Crippen LogP contribution is -2.10. The predicted molar refractivity (Wildman–Crippen MR) is 119 cm³/mol. The molecule has 176 valence electrons. The molecule has 0 bridgehead atoms. The normalized spacial score (nSPS) is 12.5. The number of benzene rings is 3. The second kappa shape index (κ2) is 10.5. The van der Waals surface area contributed by atoms with E-state index in [1.54, 1.807) is 6.07 Å². The average molecular weight is 516 g/mol. The molecule has 12 nitrogen and oxygen atoms in total. The van der Waals surface area contributed by atoms with Crippen molar-refractivity contribution >= 4 is 60.1 Å². The van der Waals surface area contributed by atoms with Crippen molar-refractivity contribution in [2.75, 3.05) is 18.1 Å². The van der Waals surface area contributed by atoms with E-state index in [4.69, 9.17) is 15.2 Å². The van der Waals surface area contributed by atoms with Crippen LogP contribution in [0.1, 0.15) is 0 Å². The molecule has 0 radical (unpaired) electrons. The fraction of sp³-hybridized carbons (Fsp3) is 0.111. The van der Waals surface area contributed by atoms with Gasteiger partial charge in [0.2, 0.25) is 0 Å². The van der Waals surface area contributed by atoms with Gasteiger partial charge in [-0.1, -0.05) is 17.2 Å². The van der Waals surface area contributed by atoms with Gasteiger partial charge in [-0.05, 0) is 47.9 Å². The number of anilines is 1. The standard InChI is InChI=1S/C18H17N3O9S3/c19-17-8-1-12-11-15(33(25,26)27)6-7-16(12)18(17)21-20-13-2-4-14(5-3-13)32(23,24)10-9-28-31-30-29-22/h1-8,11,22H,9-10,19H2,(H,25,26,27)/b21-20+. The third-order valence-electron chi connectivity index (χ3n) is 4.29. The van der Waals surface area contributed by atoms with Gasteiger partial charge in [0.25, 0.3) is 10.1 Å². The van der Waals surface area contributed by atoms with Crippen molar-refractivity contribution < 1.29 is 40.2 Å². The summed E-state index contributed by atoms with van der Waals surface area (Å²) >= 11 is 0.283. The van der Waals surface area contributed by atoms with Gasteiger partial charge in [0, 0.05) is 5.39 Å². The molecular formula is C18H17N3O9S3. The van der Waals surface area contributed by atoms with Crippen LogP contribution in [-0.4, -0.2) is 39.0 Å². The van der Waals surface area contributed by atoms with Crippen LogP contribution < -0.4 is 5.73 Å². The summed E-state index contributed by atoms with van der Waals surface area (Å²) in [5, 5.41) is 20.5. The first-order valence-electron chi connectivity index (χ1n) is 8.92. The van der Waals surface area contributed by atoms with Crippen LogP contribution in [0, 0.1) is 0 Å². The molecule has 4 N–H and O–H groups in total. The van der Waals surface area contributed by atoms with E-state index in [2.05, 4.69) is 19.6 Å². The molecule has 33 heavy (non-hydrogen) atoms. The molecule has 0 aliphatic rings. The van der Waals surface area contributed by atoms with Gasteiger partial charge in [-0.3, -0.25) is 8.74 Å².